The maximum Gasteiger partial charge on any atom is 0.353 e. The molecule has 1 aromatic heterocycles. The largest absolute Gasteiger partial charge is 0.463 e. The minimum Gasteiger partial charge on any atom is -0.463 e. The van der Waals surface area contributed by atoms with Crippen molar-refractivity contribution in [2.75, 3.05) is 6.61 Å². The summed E-state index contributed by atoms with van der Waals surface area (Å²) in [6.45, 7) is 7.50. The molecule has 21 heavy (non-hydrogen) atoms. The lowest BCUT2D eigenvalue weighted by Crippen LogP contribution is -2.29. The molecule has 116 valence electrons. The Morgan fingerprint density at radius 2 is 2.00 bits per heavy atom. The van der Waals surface area contributed by atoms with Crippen LogP contribution in [0.5, 0.6) is 0 Å². The second kappa shape index (κ2) is 7.76. The molecule has 1 heterocycles. The first kappa shape index (κ1) is 17.1. The van der Waals surface area contributed by atoms with Gasteiger partial charge in [0.15, 0.2) is 0 Å². The Morgan fingerprint density at radius 1 is 1.29 bits per heavy atom. The number of hydrogen-bond donors (Lipinski definition) is 0. The van der Waals surface area contributed by atoms with Gasteiger partial charge in [0, 0.05) is 6.20 Å². The average Bonchev–Trinajstić information content (AvgIpc) is 2.44. The van der Waals surface area contributed by atoms with E-state index in [0.717, 1.165) is 12.8 Å². The molecule has 0 spiro atoms. The standard InChI is InChI=1S/C16H23NO4/c1-5-6-11-20-14(18)13(12-9-7-8-10-17-12)21-15(19)16(2,3)4/h7-10,13H,5-6,11H2,1-4H3. The molecule has 0 aliphatic carbocycles. The van der Waals surface area contributed by atoms with Crippen molar-refractivity contribution in [2.45, 2.75) is 46.6 Å². The summed E-state index contributed by atoms with van der Waals surface area (Å²) < 4.78 is 10.5. The summed E-state index contributed by atoms with van der Waals surface area (Å²) in [7, 11) is 0. The Bertz CT molecular complexity index is 465. The fraction of sp³-hybridized carbons (Fsp3) is 0.562. The third-order valence-corrected chi connectivity index (χ3v) is 2.75. The molecule has 0 bridgehead atoms. The molecule has 1 unspecified atom stereocenters. The van der Waals surface area contributed by atoms with E-state index >= 15 is 0 Å². The predicted molar refractivity (Wildman–Crippen MR) is 78.4 cm³/mol. The fourth-order valence-electron chi connectivity index (χ4n) is 1.44. The summed E-state index contributed by atoms with van der Waals surface area (Å²) in [5.74, 6) is -1.05. The van der Waals surface area contributed by atoms with Gasteiger partial charge in [-0.2, -0.15) is 0 Å². The second-order valence-electron chi connectivity index (χ2n) is 5.81. The molecule has 0 radical (unpaired) electrons. The van der Waals surface area contributed by atoms with Crippen LogP contribution in [0.25, 0.3) is 0 Å². The summed E-state index contributed by atoms with van der Waals surface area (Å²) >= 11 is 0. The molecule has 0 aliphatic heterocycles. The molecular formula is C16H23NO4. The van der Waals surface area contributed by atoms with Gasteiger partial charge in [0.25, 0.3) is 0 Å². The van der Waals surface area contributed by atoms with Gasteiger partial charge in [-0.1, -0.05) is 19.4 Å². The van der Waals surface area contributed by atoms with Crippen LogP contribution in [0, 0.1) is 5.41 Å². The van der Waals surface area contributed by atoms with Crippen molar-refractivity contribution in [1.29, 1.82) is 0 Å². The van der Waals surface area contributed by atoms with Crippen LogP contribution in [0.3, 0.4) is 0 Å². The van der Waals surface area contributed by atoms with E-state index in [9.17, 15) is 9.59 Å². The molecule has 0 aliphatic rings. The van der Waals surface area contributed by atoms with E-state index in [1.807, 2.05) is 6.92 Å². The molecular weight excluding hydrogens is 270 g/mol. The molecule has 0 saturated heterocycles. The highest BCUT2D eigenvalue weighted by atomic mass is 16.6. The summed E-state index contributed by atoms with van der Waals surface area (Å²) in [5, 5.41) is 0. The molecule has 5 heteroatoms. The first-order valence-electron chi connectivity index (χ1n) is 7.15. The second-order valence-corrected chi connectivity index (χ2v) is 5.81. The van der Waals surface area contributed by atoms with Gasteiger partial charge in [0.05, 0.1) is 17.7 Å². The van der Waals surface area contributed by atoms with E-state index in [4.69, 9.17) is 9.47 Å². The van der Waals surface area contributed by atoms with E-state index in [2.05, 4.69) is 4.98 Å². The van der Waals surface area contributed by atoms with Gasteiger partial charge in [-0.15, -0.1) is 0 Å². The zero-order valence-corrected chi connectivity index (χ0v) is 13.1. The normalized spacial score (nSPS) is 12.6. The topological polar surface area (TPSA) is 65.5 Å². The Kier molecular flexibility index (Phi) is 6.34. The molecule has 1 atom stereocenters. The van der Waals surface area contributed by atoms with Gasteiger partial charge in [-0.25, -0.2) is 4.79 Å². The predicted octanol–water partition coefficient (Wildman–Crippen LogP) is 3.06. The first-order chi connectivity index (χ1) is 9.86. The maximum absolute atomic E-state index is 12.1. The molecule has 0 amide bonds. The van der Waals surface area contributed by atoms with Gasteiger partial charge >= 0.3 is 11.9 Å². The molecule has 0 saturated carbocycles. The molecule has 1 aromatic rings. The lowest BCUT2D eigenvalue weighted by atomic mass is 9.97. The Labute approximate surface area is 125 Å². The maximum atomic E-state index is 12.1. The number of nitrogens with zero attached hydrogens (tertiary/aromatic N) is 1. The van der Waals surface area contributed by atoms with E-state index in [1.54, 1.807) is 45.2 Å². The van der Waals surface area contributed by atoms with Crippen LogP contribution in [0.4, 0.5) is 0 Å². The highest BCUT2D eigenvalue weighted by Gasteiger charge is 2.32. The van der Waals surface area contributed by atoms with Crippen LogP contribution in [0.2, 0.25) is 0 Å². The summed E-state index contributed by atoms with van der Waals surface area (Å²) in [4.78, 5) is 28.3. The van der Waals surface area contributed by atoms with Crippen LogP contribution < -0.4 is 0 Å². The highest BCUT2D eigenvalue weighted by Crippen LogP contribution is 2.23. The lowest BCUT2D eigenvalue weighted by molar-refractivity contribution is -0.174. The number of unbranched alkanes of at least 4 members (excludes halogenated alkanes) is 1. The molecule has 1 rings (SSSR count). The van der Waals surface area contributed by atoms with Gasteiger partial charge < -0.3 is 9.47 Å². The van der Waals surface area contributed by atoms with Crippen molar-refractivity contribution >= 4 is 11.9 Å². The van der Waals surface area contributed by atoms with Gasteiger partial charge in [0.2, 0.25) is 6.10 Å². The van der Waals surface area contributed by atoms with Crippen molar-refractivity contribution in [2.24, 2.45) is 5.41 Å². The Hall–Kier alpha value is -1.91. The number of esters is 2. The van der Waals surface area contributed by atoms with Crippen LogP contribution in [-0.2, 0) is 19.1 Å². The molecule has 5 nitrogen and oxygen atoms in total. The van der Waals surface area contributed by atoms with E-state index in [-0.39, 0.29) is 0 Å². The fourth-order valence-corrected chi connectivity index (χ4v) is 1.44. The van der Waals surface area contributed by atoms with E-state index in [0.29, 0.717) is 12.3 Å². The summed E-state index contributed by atoms with van der Waals surface area (Å²) in [5.41, 5.74) is -0.326. The Morgan fingerprint density at radius 3 is 2.52 bits per heavy atom. The van der Waals surface area contributed by atoms with E-state index < -0.39 is 23.5 Å². The highest BCUT2D eigenvalue weighted by molar-refractivity contribution is 5.82. The number of carbonyl (C=O) groups excluding carboxylic acids is 2. The molecule has 0 N–H and O–H groups in total. The zero-order valence-electron chi connectivity index (χ0n) is 13.1. The monoisotopic (exact) mass is 293 g/mol. The van der Waals surface area contributed by atoms with E-state index in [1.165, 1.54) is 0 Å². The van der Waals surface area contributed by atoms with Crippen molar-refractivity contribution in [3.05, 3.63) is 30.1 Å². The van der Waals surface area contributed by atoms with Crippen LogP contribution in [0.15, 0.2) is 24.4 Å². The van der Waals surface area contributed by atoms with Crippen molar-refractivity contribution < 1.29 is 19.1 Å². The average molecular weight is 293 g/mol. The summed E-state index contributed by atoms with van der Waals surface area (Å²) in [6, 6.07) is 5.11. The number of pyridine rings is 1. The quantitative estimate of drug-likeness (QED) is 0.595. The van der Waals surface area contributed by atoms with Gasteiger partial charge in [0.1, 0.15) is 0 Å². The van der Waals surface area contributed by atoms with Gasteiger partial charge in [-0.05, 0) is 39.3 Å². The smallest absolute Gasteiger partial charge is 0.353 e. The lowest BCUT2D eigenvalue weighted by Gasteiger charge is -2.22. The van der Waals surface area contributed by atoms with Crippen LogP contribution in [0.1, 0.15) is 52.3 Å². The van der Waals surface area contributed by atoms with Crippen molar-refractivity contribution in [3.8, 4) is 0 Å². The summed E-state index contributed by atoms with van der Waals surface area (Å²) in [6.07, 6.45) is 2.12. The number of carbonyl (C=O) groups is 2. The zero-order chi connectivity index (χ0) is 15.9. The third-order valence-electron chi connectivity index (χ3n) is 2.75. The minimum absolute atomic E-state index is 0.311. The number of ether oxygens (including phenoxy) is 2. The first-order valence-corrected chi connectivity index (χ1v) is 7.15. The number of aromatic nitrogens is 1. The number of hydrogen-bond acceptors (Lipinski definition) is 5. The molecule has 0 fully saturated rings. The third kappa shape index (κ3) is 5.53. The van der Waals surface area contributed by atoms with Crippen LogP contribution in [-0.4, -0.2) is 23.5 Å². The Balaban J connectivity index is 2.85. The minimum atomic E-state index is -1.12. The van der Waals surface area contributed by atoms with Crippen molar-refractivity contribution in [1.82, 2.24) is 4.98 Å². The number of rotatable bonds is 6. The van der Waals surface area contributed by atoms with Crippen molar-refractivity contribution in [3.63, 3.8) is 0 Å². The van der Waals surface area contributed by atoms with Crippen LogP contribution >= 0.6 is 0 Å². The van der Waals surface area contributed by atoms with Gasteiger partial charge in [-0.3, -0.25) is 9.78 Å². The molecule has 0 aromatic carbocycles. The SMILES string of the molecule is CCCCOC(=O)C(OC(=O)C(C)(C)C)c1ccccn1.